The van der Waals surface area contributed by atoms with E-state index in [0.29, 0.717) is 31.9 Å². The number of hydrogen-bond donors (Lipinski definition) is 0. The topological polar surface area (TPSA) is 40.6 Å². The lowest BCUT2D eigenvalue weighted by Crippen LogP contribution is -2.39. The van der Waals surface area contributed by atoms with E-state index in [1.54, 1.807) is 12.1 Å². The Morgan fingerprint density at radius 2 is 1.08 bits per heavy atom. The minimum atomic E-state index is 0.0373. The lowest BCUT2D eigenvalue weighted by atomic mass is 9.98. The minimum absolute atomic E-state index is 0.0373. The van der Waals surface area contributed by atoms with Gasteiger partial charge in [0, 0.05) is 35.1 Å². The molecular formula is C20H26Br2N2O2. The number of nitrogens with zero attached hydrogens (tertiary/aromatic N) is 2. The van der Waals surface area contributed by atoms with Crippen LogP contribution in [0.3, 0.4) is 0 Å². The first kappa shape index (κ1) is 19.9. The molecule has 26 heavy (non-hydrogen) atoms. The predicted octanol–water partition coefficient (Wildman–Crippen LogP) is 4.96. The summed E-state index contributed by atoms with van der Waals surface area (Å²) in [4.78, 5) is 29.6. The van der Waals surface area contributed by atoms with E-state index < -0.39 is 0 Å². The lowest BCUT2D eigenvalue weighted by Gasteiger charge is -2.31. The van der Waals surface area contributed by atoms with E-state index in [0.717, 1.165) is 51.9 Å². The molecule has 2 fully saturated rings. The van der Waals surface area contributed by atoms with E-state index in [1.165, 1.54) is 0 Å². The molecule has 0 atom stereocenters. The van der Waals surface area contributed by atoms with E-state index in [4.69, 9.17) is 0 Å². The maximum atomic E-state index is 12.9. The van der Waals surface area contributed by atoms with Crippen LogP contribution < -0.4 is 0 Å². The van der Waals surface area contributed by atoms with Gasteiger partial charge in [0.15, 0.2) is 0 Å². The number of hydrogen-bond acceptors (Lipinski definition) is 2. The minimum Gasteiger partial charge on any atom is -0.339 e. The van der Waals surface area contributed by atoms with Crippen molar-refractivity contribution in [3.63, 3.8) is 0 Å². The van der Waals surface area contributed by atoms with Gasteiger partial charge in [-0.05, 0) is 81.5 Å². The molecule has 2 amide bonds. The summed E-state index contributed by atoms with van der Waals surface area (Å²) in [5, 5.41) is 0. The quantitative estimate of drug-likeness (QED) is 0.594. The van der Waals surface area contributed by atoms with E-state index in [1.807, 2.05) is 9.80 Å². The fourth-order valence-electron chi connectivity index (χ4n) is 3.64. The summed E-state index contributed by atoms with van der Waals surface area (Å²) in [6, 6.07) is 3.59. The monoisotopic (exact) mass is 484 g/mol. The second-order valence-electron chi connectivity index (χ2n) is 7.76. The summed E-state index contributed by atoms with van der Waals surface area (Å²) >= 11 is 7.05. The Morgan fingerprint density at radius 1 is 0.769 bits per heavy atom. The number of likely N-dealkylation sites (tertiary alicyclic amines) is 2. The van der Waals surface area contributed by atoms with Crippen molar-refractivity contribution in [2.75, 3.05) is 26.2 Å². The molecule has 0 aliphatic carbocycles. The first-order chi connectivity index (χ1) is 12.4. The third kappa shape index (κ3) is 4.33. The summed E-state index contributed by atoms with van der Waals surface area (Å²) in [6.45, 7) is 7.67. The van der Waals surface area contributed by atoms with Crippen LogP contribution in [-0.4, -0.2) is 47.8 Å². The van der Waals surface area contributed by atoms with Gasteiger partial charge in [0.1, 0.15) is 0 Å². The first-order valence-corrected chi connectivity index (χ1v) is 11.0. The average molecular weight is 486 g/mol. The molecule has 2 heterocycles. The lowest BCUT2D eigenvalue weighted by molar-refractivity contribution is 0.0683. The Balaban J connectivity index is 1.77. The van der Waals surface area contributed by atoms with Gasteiger partial charge < -0.3 is 9.80 Å². The molecule has 142 valence electrons. The zero-order valence-electron chi connectivity index (χ0n) is 15.4. The molecule has 6 heteroatoms. The van der Waals surface area contributed by atoms with Crippen LogP contribution in [0.4, 0.5) is 0 Å². The molecule has 2 aliphatic heterocycles. The van der Waals surface area contributed by atoms with Crippen molar-refractivity contribution in [1.82, 2.24) is 9.80 Å². The molecule has 1 aromatic carbocycles. The fraction of sp³-hybridized carbons (Fsp3) is 0.600. The first-order valence-electron chi connectivity index (χ1n) is 9.44. The van der Waals surface area contributed by atoms with Crippen molar-refractivity contribution in [1.29, 1.82) is 0 Å². The highest BCUT2D eigenvalue weighted by atomic mass is 79.9. The zero-order valence-corrected chi connectivity index (χ0v) is 18.6. The molecule has 0 bridgehead atoms. The molecule has 0 unspecified atom stereocenters. The largest absolute Gasteiger partial charge is 0.339 e. The highest BCUT2D eigenvalue weighted by Crippen LogP contribution is 2.30. The third-order valence-corrected chi connectivity index (χ3v) is 6.97. The summed E-state index contributed by atoms with van der Waals surface area (Å²) in [7, 11) is 0. The second-order valence-corrected chi connectivity index (χ2v) is 9.47. The van der Waals surface area contributed by atoms with Gasteiger partial charge >= 0.3 is 0 Å². The fourth-order valence-corrected chi connectivity index (χ4v) is 4.66. The van der Waals surface area contributed by atoms with Crippen LogP contribution in [0, 0.1) is 11.8 Å². The van der Waals surface area contributed by atoms with Gasteiger partial charge in [-0.2, -0.15) is 0 Å². The smallest absolute Gasteiger partial charge is 0.255 e. The molecule has 0 aromatic heterocycles. The normalized spacial score (nSPS) is 19.7. The molecule has 3 rings (SSSR count). The Hall–Kier alpha value is -0.880. The van der Waals surface area contributed by atoms with Crippen LogP contribution in [0.25, 0.3) is 0 Å². The molecule has 4 nitrogen and oxygen atoms in total. The summed E-state index contributed by atoms with van der Waals surface area (Å²) in [5.74, 6) is 1.44. The Bertz CT molecular complexity index is 632. The van der Waals surface area contributed by atoms with Gasteiger partial charge in [0.25, 0.3) is 11.8 Å². The number of benzene rings is 1. The van der Waals surface area contributed by atoms with Crippen molar-refractivity contribution in [3.8, 4) is 0 Å². The van der Waals surface area contributed by atoms with Gasteiger partial charge in [0.05, 0.1) is 11.1 Å². The zero-order chi connectivity index (χ0) is 18.8. The molecule has 0 N–H and O–H groups in total. The highest BCUT2D eigenvalue weighted by molar-refractivity contribution is 9.11. The maximum absolute atomic E-state index is 12.9. The van der Waals surface area contributed by atoms with Gasteiger partial charge in [0.2, 0.25) is 0 Å². The van der Waals surface area contributed by atoms with E-state index in [9.17, 15) is 9.59 Å². The van der Waals surface area contributed by atoms with Gasteiger partial charge in [-0.25, -0.2) is 0 Å². The third-order valence-electron chi connectivity index (χ3n) is 5.66. The van der Waals surface area contributed by atoms with Crippen molar-refractivity contribution >= 4 is 43.7 Å². The number of piperidine rings is 2. The van der Waals surface area contributed by atoms with Crippen molar-refractivity contribution in [3.05, 3.63) is 32.2 Å². The Kier molecular flexibility index (Phi) is 6.44. The second kappa shape index (κ2) is 8.42. The van der Waals surface area contributed by atoms with E-state index in [2.05, 4.69) is 45.7 Å². The molecule has 0 saturated carbocycles. The summed E-state index contributed by atoms with van der Waals surface area (Å²) < 4.78 is 1.39. The van der Waals surface area contributed by atoms with Crippen molar-refractivity contribution in [2.24, 2.45) is 11.8 Å². The van der Waals surface area contributed by atoms with Crippen molar-refractivity contribution < 1.29 is 9.59 Å². The molecule has 0 radical (unpaired) electrons. The summed E-state index contributed by atoms with van der Waals surface area (Å²) in [6.07, 6.45) is 4.20. The maximum Gasteiger partial charge on any atom is 0.255 e. The van der Waals surface area contributed by atoms with Crippen LogP contribution in [-0.2, 0) is 0 Å². The average Bonchev–Trinajstić information content (AvgIpc) is 2.63. The van der Waals surface area contributed by atoms with Crippen LogP contribution in [0.5, 0.6) is 0 Å². The van der Waals surface area contributed by atoms with Crippen molar-refractivity contribution in [2.45, 2.75) is 39.5 Å². The molecule has 1 aromatic rings. The van der Waals surface area contributed by atoms with Crippen LogP contribution >= 0.6 is 31.9 Å². The summed E-state index contributed by atoms with van der Waals surface area (Å²) in [5.41, 5.74) is 1.24. The van der Waals surface area contributed by atoms with Gasteiger partial charge in [-0.15, -0.1) is 0 Å². The molecule has 2 saturated heterocycles. The SMILES string of the molecule is CC1CCN(C(=O)c2cc(Br)c(C(=O)N3CCC(C)CC3)cc2Br)CC1. The molecular weight excluding hydrogens is 460 g/mol. The number of carbonyl (C=O) groups is 2. The molecule has 0 spiro atoms. The molecule has 2 aliphatic rings. The Labute approximate surface area is 172 Å². The van der Waals surface area contributed by atoms with Gasteiger partial charge in [-0.3, -0.25) is 9.59 Å². The van der Waals surface area contributed by atoms with Gasteiger partial charge in [-0.1, -0.05) is 13.8 Å². The Morgan fingerprint density at radius 3 is 1.38 bits per heavy atom. The predicted molar refractivity (Wildman–Crippen MR) is 110 cm³/mol. The van der Waals surface area contributed by atoms with Crippen LogP contribution in [0.1, 0.15) is 60.2 Å². The highest BCUT2D eigenvalue weighted by Gasteiger charge is 2.27. The number of carbonyl (C=O) groups excluding carboxylic acids is 2. The van der Waals surface area contributed by atoms with E-state index in [-0.39, 0.29) is 11.8 Å². The number of rotatable bonds is 2. The van der Waals surface area contributed by atoms with Crippen LogP contribution in [0.2, 0.25) is 0 Å². The van der Waals surface area contributed by atoms with Crippen LogP contribution in [0.15, 0.2) is 21.1 Å². The number of halogens is 2. The number of amides is 2. The van der Waals surface area contributed by atoms with E-state index >= 15 is 0 Å². The standard InChI is InChI=1S/C20H26Br2N2O2/c1-13-3-7-23(8-4-13)19(25)15-11-18(22)16(12-17(15)21)20(26)24-9-5-14(2)6-10-24/h11-14H,3-10H2,1-2H3.